The molecule has 15 heavy (non-hydrogen) atoms. The van der Waals surface area contributed by atoms with Crippen LogP contribution in [0.4, 0.5) is 0 Å². The quantitative estimate of drug-likeness (QED) is 0.519. The number of nitrogens with one attached hydrogen (secondary N) is 1. The van der Waals surface area contributed by atoms with Crippen LogP contribution in [-0.4, -0.2) is 16.6 Å². The van der Waals surface area contributed by atoms with Gasteiger partial charge in [0.25, 0.3) is 0 Å². The number of nitrogens with zero attached hydrogens (tertiary/aromatic N) is 2. The Hall–Kier alpha value is -1.23. The lowest BCUT2D eigenvalue weighted by atomic mass is 10.3. The van der Waals surface area contributed by atoms with Gasteiger partial charge in [-0.05, 0) is 35.0 Å². The molecule has 0 unspecified atom stereocenters. The van der Waals surface area contributed by atoms with Crippen LogP contribution in [0.2, 0.25) is 0 Å². The van der Waals surface area contributed by atoms with E-state index in [-0.39, 0.29) is 5.91 Å². The maximum Gasteiger partial charge on any atom is 0.239 e. The molecule has 1 amide bonds. The predicted molar refractivity (Wildman–Crippen MR) is 62.6 cm³/mol. The molecule has 0 aliphatic heterocycles. The molecule has 0 aliphatic rings. The highest BCUT2D eigenvalue weighted by molar-refractivity contribution is 9.10. The molecule has 80 valence electrons. The molecule has 5 heteroatoms. The van der Waals surface area contributed by atoms with E-state index in [2.05, 4.69) is 31.4 Å². The molecule has 0 saturated heterocycles. The zero-order valence-corrected chi connectivity index (χ0v) is 10.2. The Labute approximate surface area is 96.9 Å². The minimum Gasteiger partial charge on any atom is -0.273 e. The fraction of sp³-hybridized carbons (Fsp3) is 0.300. The Morgan fingerprint density at radius 2 is 2.33 bits per heavy atom. The van der Waals surface area contributed by atoms with Gasteiger partial charge in [-0.1, -0.05) is 13.0 Å². The van der Waals surface area contributed by atoms with Gasteiger partial charge in [0.15, 0.2) is 0 Å². The van der Waals surface area contributed by atoms with Crippen LogP contribution in [0.1, 0.15) is 26.0 Å². The Balaban J connectivity index is 2.75. The molecule has 0 bridgehead atoms. The summed E-state index contributed by atoms with van der Waals surface area (Å²) in [6.07, 6.45) is 0.419. The maximum absolute atomic E-state index is 11.0. The maximum atomic E-state index is 11.0. The van der Waals surface area contributed by atoms with Crippen LogP contribution in [0.25, 0.3) is 0 Å². The standard InChI is InChI=1S/C10H12BrN3O/c1-3-10(15)14-13-7(2)8-5-4-6-9(11)12-8/h4-6H,3H2,1-2H3,(H,14,15)/b13-7+. The summed E-state index contributed by atoms with van der Waals surface area (Å²) in [7, 11) is 0. The Kier molecular flexibility index (Phi) is 4.42. The minimum atomic E-state index is -0.107. The molecule has 0 aromatic carbocycles. The van der Waals surface area contributed by atoms with Crippen molar-refractivity contribution in [2.45, 2.75) is 20.3 Å². The average Bonchev–Trinajstić information content (AvgIpc) is 2.25. The van der Waals surface area contributed by atoms with Crippen molar-refractivity contribution in [2.75, 3.05) is 0 Å². The summed E-state index contributed by atoms with van der Waals surface area (Å²) >= 11 is 3.27. The second kappa shape index (κ2) is 5.60. The van der Waals surface area contributed by atoms with E-state index in [1.165, 1.54) is 0 Å². The molecule has 0 spiro atoms. The highest BCUT2D eigenvalue weighted by Gasteiger charge is 2.00. The number of carbonyl (C=O) groups is 1. The molecular formula is C10H12BrN3O. The van der Waals surface area contributed by atoms with Crippen molar-refractivity contribution in [3.05, 3.63) is 28.5 Å². The van der Waals surface area contributed by atoms with Crippen LogP contribution in [0.3, 0.4) is 0 Å². The number of aromatic nitrogens is 1. The van der Waals surface area contributed by atoms with Gasteiger partial charge in [-0.3, -0.25) is 4.79 Å². The van der Waals surface area contributed by atoms with Gasteiger partial charge in [0.1, 0.15) is 4.60 Å². The van der Waals surface area contributed by atoms with Crippen LogP contribution in [0.15, 0.2) is 27.9 Å². The first-order valence-corrected chi connectivity index (χ1v) is 5.39. The van der Waals surface area contributed by atoms with Crippen molar-refractivity contribution >= 4 is 27.5 Å². The van der Waals surface area contributed by atoms with Gasteiger partial charge in [-0.2, -0.15) is 5.10 Å². The monoisotopic (exact) mass is 269 g/mol. The molecule has 0 fully saturated rings. The average molecular weight is 270 g/mol. The van der Waals surface area contributed by atoms with Crippen molar-refractivity contribution < 1.29 is 4.79 Å². The Bertz CT molecular complexity index is 390. The van der Waals surface area contributed by atoms with Gasteiger partial charge in [0.2, 0.25) is 5.91 Å². The third-order valence-electron chi connectivity index (χ3n) is 1.76. The van der Waals surface area contributed by atoms with Crippen molar-refractivity contribution in [1.29, 1.82) is 0 Å². The Morgan fingerprint density at radius 1 is 1.60 bits per heavy atom. The number of hydrogen-bond acceptors (Lipinski definition) is 3. The molecule has 1 N–H and O–H groups in total. The topological polar surface area (TPSA) is 54.4 Å². The summed E-state index contributed by atoms with van der Waals surface area (Å²) < 4.78 is 0.747. The van der Waals surface area contributed by atoms with E-state index >= 15 is 0 Å². The molecule has 0 aliphatic carbocycles. The first-order chi connectivity index (χ1) is 7.13. The summed E-state index contributed by atoms with van der Waals surface area (Å²) in [4.78, 5) is 15.2. The molecule has 0 radical (unpaired) electrons. The molecule has 1 rings (SSSR count). The van der Waals surface area contributed by atoms with Crippen LogP contribution in [0, 0.1) is 0 Å². The molecule has 0 saturated carbocycles. The van der Waals surface area contributed by atoms with Crippen molar-refractivity contribution in [1.82, 2.24) is 10.4 Å². The predicted octanol–water partition coefficient (Wildman–Crippen LogP) is 2.09. The van der Waals surface area contributed by atoms with Crippen LogP contribution in [-0.2, 0) is 4.79 Å². The molecule has 1 heterocycles. The zero-order chi connectivity index (χ0) is 11.3. The molecule has 1 aromatic heterocycles. The Morgan fingerprint density at radius 3 is 2.93 bits per heavy atom. The molecular weight excluding hydrogens is 258 g/mol. The van der Waals surface area contributed by atoms with Gasteiger partial charge in [0.05, 0.1) is 11.4 Å². The van der Waals surface area contributed by atoms with E-state index in [0.717, 1.165) is 10.3 Å². The number of amides is 1. The highest BCUT2D eigenvalue weighted by atomic mass is 79.9. The highest BCUT2D eigenvalue weighted by Crippen LogP contribution is 2.06. The van der Waals surface area contributed by atoms with Crippen LogP contribution < -0.4 is 5.43 Å². The van der Waals surface area contributed by atoms with Gasteiger partial charge < -0.3 is 0 Å². The minimum absolute atomic E-state index is 0.107. The SMILES string of the molecule is CCC(=O)N/N=C(\C)c1cccc(Br)n1. The third kappa shape index (κ3) is 3.79. The van der Waals surface area contributed by atoms with E-state index in [9.17, 15) is 4.79 Å². The van der Waals surface area contributed by atoms with Gasteiger partial charge >= 0.3 is 0 Å². The second-order valence-electron chi connectivity index (χ2n) is 2.93. The first kappa shape index (κ1) is 11.8. The summed E-state index contributed by atoms with van der Waals surface area (Å²) in [5.41, 5.74) is 3.86. The fourth-order valence-electron chi connectivity index (χ4n) is 0.892. The summed E-state index contributed by atoms with van der Waals surface area (Å²) in [5.74, 6) is -0.107. The van der Waals surface area contributed by atoms with Gasteiger partial charge in [-0.15, -0.1) is 0 Å². The number of carbonyl (C=O) groups excluding carboxylic acids is 1. The lowest BCUT2D eigenvalue weighted by Gasteiger charge is -2.01. The third-order valence-corrected chi connectivity index (χ3v) is 2.20. The number of rotatable bonds is 3. The number of pyridine rings is 1. The largest absolute Gasteiger partial charge is 0.273 e. The summed E-state index contributed by atoms with van der Waals surface area (Å²) in [6.45, 7) is 3.57. The molecule has 4 nitrogen and oxygen atoms in total. The van der Waals surface area contributed by atoms with Gasteiger partial charge in [0, 0.05) is 6.42 Å². The van der Waals surface area contributed by atoms with E-state index in [1.54, 1.807) is 13.8 Å². The van der Waals surface area contributed by atoms with Gasteiger partial charge in [-0.25, -0.2) is 10.4 Å². The second-order valence-corrected chi connectivity index (χ2v) is 3.74. The van der Waals surface area contributed by atoms with Crippen molar-refractivity contribution in [2.24, 2.45) is 5.10 Å². The van der Waals surface area contributed by atoms with E-state index in [1.807, 2.05) is 18.2 Å². The number of hydrogen-bond donors (Lipinski definition) is 1. The van der Waals surface area contributed by atoms with Crippen molar-refractivity contribution in [3.63, 3.8) is 0 Å². The van der Waals surface area contributed by atoms with Crippen LogP contribution in [0.5, 0.6) is 0 Å². The fourth-order valence-corrected chi connectivity index (χ4v) is 1.24. The van der Waals surface area contributed by atoms with E-state index in [4.69, 9.17) is 0 Å². The summed E-state index contributed by atoms with van der Waals surface area (Å²) in [6, 6.07) is 5.54. The lowest BCUT2D eigenvalue weighted by molar-refractivity contribution is -0.120. The number of halogens is 1. The van der Waals surface area contributed by atoms with Crippen molar-refractivity contribution in [3.8, 4) is 0 Å². The molecule has 0 atom stereocenters. The normalized spacial score (nSPS) is 11.3. The number of hydrazone groups is 1. The first-order valence-electron chi connectivity index (χ1n) is 4.59. The summed E-state index contributed by atoms with van der Waals surface area (Å²) in [5, 5.41) is 3.94. The lowest BCUT2D eigenvalue weighted by Crippen LogP contribution is -2.18. The smallest absolute Gasteiger partial charge is 0.239 e. The van der Waals surface area contributed by atoms with Crippen LogP contribution >= 0.6 is 15.9 Å². The van der Waals surface area contributed by atoms with E-state index < -0.39 is 0 Å². The zero-order valence-electron chi connectivity index (χ0n) is 8.62. The van der Waals surface area contributed by atoms with E-state index in [0.29, 0.717) is 12.1 Å². The molecule has 1 aromatic rings.